The van der Waals surface area contributed by atoms with Gasteiger partial charge in [-0.05, 0) is 39.2 Å². The van der Waals surface area contributed by atoms with E-state index in [1.54, 1.807) is 39.0 Å². The van der Waals surface area contributed by atoms with Gasteiger partial charge < -0.3 is 4.74 Å². The highest BCUT2D eigenvalue weighted by molar-refractivity contribution is 7.98. The zero-order valence-corrected chi connectivity index (χ0v) is 12.2. The average Bonchev–Trinajstić information content (AvgIpc) is 2.34. The summed E-state index contributed by atoms with van der Waals surface area (Å²) in [5.41, 5.74) is 0.817. The van der Waals surface area contributed by atoms with E-state index in [4.69, 9.17) is 10.00 Å². The van der Waals surface area contributed by atoms with Crippen molar-refractivity contribution in [1.29, 1.82) is 5.26 Å². The molecule has 1 amide bonds. The number of nitrogens with zero attached hydrogens (tertiary/aromatic N) is 2. The van der Waals surface area contributed by atoms with Crippen LogP contribution in [0.3, 0.4) is 0 Å². The van der Waals surface area contributed by atoms with E-state index in [0.717, 1.165) is 10.5 Å². The molecule has 19 heavy (non-hydrogen) atoms. The summed E-state index contributed by atoms with van der Waals surface area (Å²) in [6.45, 7) is 5.36. The van der Waals surface area contributed by atoms with E-state index in [1.807, 2.05) is 6.26 Å². The third kappa shape index (κ3) is 5.14. The van der Waals surface area contributed by atoms with Crippen LogP contribution in [0.15, 0.2) is 28.1 Å². The predicted octanol–water partition coefficient (Wildman–Crippen LogP) is 3.63. The lowest BCUT2D eigenvalue weighted by atomic mass is 10.1. The predicted molar refractivity (Wildman–Crippen MR) is 76.8 cm³/mol. The molecule has 0 N–H and O–H groups in total. The monoisotopic (exact) mass is 276 g/mol. The SMILES string of the molecule is CSc1cc(C#N)ccc1/C=N\C(=O)OC(C)(C)C. The van der Waals surface area contributed by atoms with E-state index in [-0.39, 0.29) is 0 Å². The fraction of sp³-hybridized carbons (Fsp3) is 0.357. The molecule has 1 rings (SSSR count). The van der Waals surface area contributed by atoms with Gasteiger partial charge in [-0.3, -0.25) is 0 Å². The number of aliphatic imine (C=N–C) groups is 1. The topological polar surface area (TPSA) is 62.5 Å². The number of carbonyl (C=O) groups excluding carboxylic acids is 1. The molecule has 1 aromatic carbocycles. The van der Waals surface area contributed by atoms with Crippen LogP contribution in [-0.4, -0.2) is 24.2 Å². The highest BCUT2D eigenvalue weighted by atomic mass is 32.2. The highest BCUT2D eigenvalue weighted by Crippen LogP contribution is 2.20. The number of benzene rings is 1. The standard InChI is InChI=1S/C14H16N2O2S/c1-14(2,3)18-13(17)16-9-11-6-5-10(8-15)7-12(11)19-4/h5-7,9H,1-4H3/b16-9-. The van der Waals surface area contributed by atoms with Gasteiger partial charge in [0.15, 0.2) is 0 Å². The minimum atomic E-state index is -0.621. The number of carbonyl (C=O) groups is 1. The normalized spacial score (nSPS) is 11.3. The van der Waals surface area contributed by atoms with Gasteiger partial charge >= 0.3 is 6.09 Å². The molecule has 4 nitrogen and oxygen atoms in total. The molecule has 0 aliphatic heterocycles. The van der Waals surface area contributed by atoms with Crippen molar-refractivity contribution in [2.45, 2.75) is 31.3 Å². The first-order valence-corrected chi connectivity index (χ1v) is 6.93. The summed E-state index contributed by atoms with van der Waals surface area (Å²) in [5.74, 6) is 0. The Kier molecular flexibility index (Phi) is 5.13. The van der Waals surface area contributed by atoms with Gasteiger partial charge in [-0.1, -0.05) is 6.07 Å². The Morgan fingerprint density at radius 2 is 2.16 bits per heavy atom. The molecule has 0 radical (unpaired) electrons. The lowest BCUT2D eigenvalue weighted by Crippen LogP contribution is -2.21. The number of hydrogen-bond donors (Lipinski definition) is 0. The third-order valence-corrected chi connectivity index (χ3v) is 2.86. The van der Waals surface area contributed by atoms with Crippen LogP contribution in [0.2, 0.25) is 0 Å². The van der Waals surface area contributed by atoms with Crippen molar-refractivity contribution in [2.24, 2.45) is 4.99 Å². The zero-order valence-electron chi connectivity index (χ0n) is 11.4. The van der Waals surface area contributed by atoms with Crippen LogP contribution < -0.4 is 0 Å². The van der Waals surface area contributed by atoms with Gasteiger partial charge in [-0.25, -0.2) is 4.79 Å². The van der Waals surface area contributed by atoms with Gasteiger partial charge in [0.2, 0.25) is 0 Å². The van der Waals surface area contributed by atoms with E-state index in [1.165, 1.54) is 18.0 Å². The molecule has 0 saturated carbocycles. The number of ether oxygens (including phenoxy) is 1. The van der Waals surface area contributed by atoms with Crippen LogP contribution >= 0.6 is 11.8 Å². The first kappa shape index (κ1) is 15.3. The van der Waals surface area contributed by atoms with Crippen molar-refractivity contribution >= 4 is 24.1 Å². The van der Waals surface area contributed by atoms with Gasteiger partial charge in [0.1, 0.15) is 5.60 Å². The Balaban J connectivity index is 2.88. The lowest BCUT2D eigenvalue weighted by Gasteiger charge is -2.17. The zero-order chi connectivity index (χ0) is 14.5. The van der Waals surface area contributed by atoms with Gasteiger partial charge in [-0.2, -0.15) is 10.3 Å². The summed E-state index contributed by atoms with van der Waals surface area (Å²) in [5, 5.41) is 8.83. The van der Waals surface area contributed by atoms with Gasteiger partial charge in [-0.15, -0.1) is 11.8 Å². The summed E-state index contributed by atoms with van der Waals surface area (Å²) in [6.07, 6.45) is 2.74. The molecule has 0 aliphatic carbocycles. The molecule has 1 aromatic rings. The summed E-state index contributed by atoms with van der Waals surface area (Å²) in [7, 11) is 0. The average molecular weight is 276 g/mol. The van der Waals surface area contributed by atoms with Crippen LogP contribution in [0, 0.1) is 11.3 Å². The summed E-state index contributed by atoms with van der Waals surface area (Å²) >= 11 is 1.50. The number of amides is 1. The molecule has 5 heteroatoms. The molecule has 0 unspecified atom stereocenters. The van der Waals surface area contributed by atoms with Crippen molar-refractivity contribution in [3.63, 3.8) is 0 Å². The molecule has 0 saturated heterocycles. The second-order valence-corrected chi connectivity index (χ2v) is 5.66. The van der Waals surface area contributed by atoms with E-state index >= 15 is 0 Å². The van der Waals surface area contributed by atoms with Crippen LogP contribution in [0.4, 0.5) is 4.79 Å². The third-order valence-electron chi connectivity index (χ3n) is 2.07. The van der Waals surface area contributed by atoms with Crippen LogP contribution in [-0.2, 0) is 4.74 Å². The maximum absolute atomic E-state index is 11.5. The maximum atomic E-state index is 11.5. The Morgan fingerprint density at radius 1 is 1.47 bits per heavy atom. The Hall–Kier alpha value is -1.80. The first-order chi connectivity index (χ1) is 8.85. The summed E-state index contributed by atoms with van der Waals surface area (Å²) in [6, 6.07) is 7.29. The van der Waals surface area contributed by atoms with E-state index < -0.39 is 11.7 Å². The Bertz CT molecular complexity index is 539. The van der Waals surface area contributed by atoms with Crippen molar-refractivity contribution < 1.29 is 9.53 Å². The van der Waals surface area contributed by atoms with Crippen LogP contribution in [0.25, 0.3) is 0 Å². The number of rotatable bonds is 2. The molecule has 0 bridgehead atoms. The van der Waals surface area contributed by atoms with Crippen molar-refractivity contribution in [3.8, 4) is 6.07 Å². The fourth-order valence-corrected chi connectivity index (χ4v) is 1.90. The minimum Gasteiger partial charge on any atom is -0.442 e. The smallest absolute Gasteiger partial charge is 0.434 e. The molecule has 0 aromatic heterocycles. The molecule has 0 spiro atoms. The molecular weight excluding hydrogens is 260 g/mol. The molecule has 0 aliphatic rings. The number of hydrogen-bond acceptors (Lipinski definition) is 4. The van der Waals surface area contributed by atoms with E-state index in [9.17, 15) is 4.79 Å². The quantitative estimate of drug-likeness (QED) is 0.611. The molecule has 0 fully saturated rings. The lowest BCUT2D eigenvalue weighted by molar-refractivity contribution is 0.0605. The molecule has 0 atom stereocenters. The molecule has 100 valence electrons. The number of thioether (sulfide) groups is 1. The van der Waals surface area contributed by atoms with Gasteiger partial charge in [0, 0.05) is 16.7 Å². The molecular formula is C14H16N2O2S. The maximum Gasteiger partial charge on any atom is 0.434 e. The van der Waals surface area contributed by atoms with Crippen LogP contribution in [0.1, 0.15) is 31.9 Å². The van der Waals surface area contributed by atoms with E-state index in [2.05, 4.69) is 11.1 Å². The Labute approximate surface area is 117 Å². The Morgan fingerprint density at radius 3 is 2.68 bits per heavy atom. The minimum absolute atomic E-state index is 0.554. The summed E-state index contributed by atoms with van der Waals surface area (Å²) < 4.78 is 5.08. The first-order valence-electron chi connectivity index (χ1n) is 5.71. The summed E-state index contributed by atoms with van der Waals surface area (Å²) in [4.78, 5) is 16.1. The van der Waals surface area contributed by atoms with E-state index in [0.29, 0.717) is 5.56 Å². The second-order valence-electron chi connectivity index (χ2n) is 4.81. The van der Waals surface area contributed by atoms with Gasteiger partial charge in [0.25, 0.3) is 0 Å². The fourth-order valence-electron chi connectivity index (χ4n) is 1.30. The molecule has 0 heterocycles. The highest BCUT2D eigenvalue weighted by Gasteiger charge is 2.15. The van der Waals surface area contributed by atoms with Crippen molar-refractivity contribution in [3.05, 3.63) is 29.3 Å². The number of nitriles is 1. The van der Waals surface area contributed by atoms with Crippen molar-refractivity contribution in [2.75, 3.05) is 6.26 Å². The van der Waals surface area contributed by atoms with Gasteiger partial charge in [0.05, 0.1) is 11.6 Å². The van der Waals surface area contributed by atoms with Crippen LogP contribution in [0.5, 0.6) is 0 Å². The largest absolute Gasteiger partial charge is 0.442 e. The van der Waals surface area contributed by atoms with Crippen molar-refractivity contribution in [1.82, 2.24) is 0 Å². The second kappa shape index (κ2) is 6.39.